The topological polar surface area (TPSA) is 66.8 Å². The molecule has 1 saturated carbocycles. The summed E-state index contributed by atoms with van der Waals surface area (Å²) in [7, 11) is 1.44. The first kappa shape index (κ1) is 20.9. The van der Waals surface area contributed by atoms with Crippen LogP contribution >= 0.6 is 0 Å². The first-order valence-corrected chi connectivity index (χ1v) is 11.1. The number of methoxy groups -OCH3 is 1. The third-order valence-electron chi connectivity index (χ3n) is 6.86. The van der Waals surface area contributed by atoms with E-state index in [4.69, 9.17) is 4.74 Å². The van der Waals surface area contributed by atoms with Gasteiger partial charge in [0.15, 0.2) is 5.78 Å². The van der Waals surface area contributed by atoms with E-state index in [9.17, 15) is 14.7 Å². The summed E-state index contributed by atoms with van der Waals surface area (Å²) in [5.74, 6) is 0.515. The second-order valence-electron chi connectivity index (χ2n) is 8.91. The fourth-order valence-corrected chi connectivity index (χ4v) is 5.28. The van der Waals surface area contributed by atoms with Crippen molar-refractivity contribution in [2.45, 2.75) is 51.0 Å². The highest BCUT2D eigenvalue weighted by atomic mass is 16.5. The summed E-state index contributed by atoms with van der Waals surface area (Å²) in [6.45, 7) is 1.64. The smallest absolute Gasteiger partial charge is 0.323 e. The van der Waals surface area contributed by atoms with Gasteiger partial charge in [-0.15, -0.1) is 0 Å². The SMILES string of the molecule is COC(=O)[C@@H]1C[C@H](CC(=O)c2ccc3ccccc3c2O)CN1CC1CCCCC1. The molecule has 0 spiro atoms. The summed E-state index contributed by atoms with van der Waals surface area (Å²) < 4.78 is 5.05. The molecule has 0 unspecified atom stereocenters. The minimum Gasteiger partial charge on any atom is -0.507 e. The lowest BCUT2D eigenvalue weighted by atomic mass is 9.89. The Bertz CT molecular complexity index is 919. The zero-order chi connectivity index (χ0) is 21.1. The van der Waals surface area contributed by atoms with Crippen LogP contribution in [0.15, 0.2) is 36.4 Å². The highest BCUT2D eigenvalue weighted by Gasteiger charge is 2.39. The molecule has 1 aliphatic carbocycles. The lowest BCUT2D eigenvalue weighted by Gasteiger charge is -2.29. The number of nitrogens with zero attached hydrogens (tertiary/aromatic N) is 1. The molecule has 2 aromatic carbocycles. The lowest BCUT2D eigenvalue weighted by molar-refractivity contribution is -0.146. The molecule has 1 N–H and O–H groups in total. The molecule has 0 radical (unpaired) electrons. The van der Waals surface area contributed by atoms with Crippen molar-refractivity contribution in [3.05, 3.63) is 42.0 Å². The number of rotatable bonds is 6. The summed E-state index contributed by atoms with van der Waals surface area (Å²) >= 11 is 0. The van der Waals surface area contributed by atoms with E-state index in [0.717, 1.165) is 18.5 Å². The Morgan fingerprint density at radius 3 is 2.60 bits per heavy atom. The number of aromatic hydroxyl groups is 1. The summed E-state index contributed by atoms with van der Waals surface area (Å²) in [5.41, 5.74) is 0.369. The number of phenolic OH excluding ortho intramolecular Hbond substituents is 1. The number of fused-ring (bicyclic) bond motifs is 1. The van der Waals surface area contributed by atoms with E-state index in [0.29, 0.717) is 29.7 Å². The fraction of sp³-hybridized carbons (Fsp3) is 0.520. The Kier molecular flexibility index (Phi) is 6.38. The number of carbonyl (C=O) groups is 2. The predicted molar refractivity (Wildman–Crippen MR) is 117 cm³/mol. The quantitative estimate of drug-likeness (QED) is 0.559. The van der Waals surface area contributed by atoms with E-state index < -0.39 is 0 Å². The number of likely N-dealkylation sites (tertiary alicyclic amines) is 1. The fourth-order valence-electron chi connectivity index (χ4n) is 5.28. The standard InChI is InChI=1S/C25H31NO4/c1-30-25(29)22-13-18(16-26(22)15-17-7-3-2-4-8-17)14-23(27)21-12-11-19-9-5-6-10-20(19)24(21)28/h5-6,9-12,17-18,22,28H,2-4,7-8,13-16H2,1H3/t18-,22+/m1/s1. The molecule has 1 saturated heterocycles. The van der Waals surface area contributed by atoms with Crippen molar-refractivity contribution in [3.8, 4) is 5.75 Å². The average molecular weight is 410 g/mol. The minimum absolute atomic E-state index is 0.0553. The number of carbonyl (C=O) groups excluding carboxylic acids is 2. The van der Waals surface area contributed by atoms with Crippen molar-refractivity contribution in [2.24, 2.45) is 11.8 Å². The molecule has 2 fully saturated rings. The number of phenols is 1. The maximum absolute atomic E-state index is 13.0. The van der Waals surface area contributed by atoms with Gasteiger partial charge < -0.3 is 9.84 Å². The van der Waals surface area contributed by atoms with Crippen molar-refractivity contribution < 1.29 is 19.4 Å². The zero-order valence-corrected chi connectivity index (χ0v) is 17.7. The number of ketones is 1. The van der Waals surface area contributed by atoms with Gasteiger partial charge >= 0.3 is 5.97 Å². The normalized spacial score (nSPS) is 23.0. The van der Waals surface area contributed by atoms with Crippen LogP contribution in [0.5, 0.6) is 5.75 Å². The second kappa shape index (κ2) is 9.17. The van der Waals surface area contributed by atoms with E-state index in [-0.39, 0.29) is 29.5 Å². The maximum atomic E-state index is 13.0. The van der Waals surface area contributed by atoms with Crippen molar-refractivity contribution in [1.82, 2.24) is 4.90 Å². The molecule has 4 rings (SSSR count). The highest BCUT2D eigenvalue weighted by molar-refractivity contribution is 6.04. The lowest BCUT2D eigenvalue weighted by Crippen LogP contribution is -2.40. The molecule has 2 aliphatic rings. The van der Waals surface area contributed by atoms with Crippen molar-refractivity contribution >= 4 is 22.5 Å². The van der Waals surface area contributed by atoms with Crippen LogP contribution < -0.4 is 0 Å². The Labute approximate surface area is 178 Å². The molecule has 2 aromatic rings. The van der Waals surface area contributed by atoms with Gasteiger partial charge in [-0.05, 0) is 42.6 Å². The van der Waals surface area contributed by atoms with Crippen LogP contribution in [0.4, 0.5) is 0 Å². The molecule has 2 atom stereocenters. The number of hydrogen-bond donors (Lipinski definition) is 1. The third-order valence-corrected chi connectivity index (χ3v) is 6.86. The number of hydrogen-bond acceptors (Lipinski definition) is 5. The van der Waals surface area contributed by atoms with Gasteiger partial charge in [0.25, 0.3) is 0 Å². The zero-order valence-electron chi connectivity index (χ0n) is 17.7. The van der Waals surface area contributed by atoms with E-state index >= 15 is 0 Å². The summed E-state index contributed by atoms with van der Waals surface area (Å²) in [6, 6.07) is 10.9. The van der Waals surface area contributed by atoms with Crippen LogP contribution in [0.2, 0.25) is 0 Å². The van der Waals surface area contributed by atoms with E-state index in [2.05, 4.69) is 4.90 Å². The van der Waals surface area contributed by atoms with Crippen LogP contribution in [0, 0.1) is 11.8 Å². The molecular formula is C25H31NO4. The largest absolute Gasteiger partial charge is 0.507 e. The maximum Gasteiger partial charge on any atom is 0.323 e. The first-order chi connectivity index (χ1) is 14.6. The molecule has 160 valence electrons. The minimum atomic E-state index is -0.264. The summed E-state index contributed by atoms with van der Waals surface area (Å²) in [5, 5.41) is 12.2. The van der Waals surface area contributed by atoms with Crippen LogP contribution in [0.25, 0.3) is 10.8 Å². The Hall–Kier alpha value is -2.40. The average Bonchev–Trinajstić information content (AvgIpc) is 3.16. The second-order valence-corrected chi connectivity index (χ2v) is 8.91. The van der Waals surface area contributed by atoms with Gasteiger partial charge in [-0.2, -0.15) is 0 Å². The summed E-state index contributed by atoms with van der Waals surface area (Å²) in [4.78, 5) is 27.6. The Morgan fingerprint density at radius 2 is 1.83 bits per heavy atom. The van der Waals surface area contributed by atoms with Gasteiger partial charge in [0.05, 0.1) is 12.7 Å². The number of ether oxygens (including phenoxy) is 1. The molecule has 0 bridgehead atoms. The number of esters is 1. The van der Waals surface area contributed by atoms with E-state index in [1.54, 1.807) is 6.07 Å². The van der Waals surface area contributed by atoms with Gasteiger partial charge in [-0.3, -0.25) is 14.5 Å². The first-order valence-electron chi connectivity index (χ1n) is 11.1. The molecule has 1 heterocycles. The van der Waals surface area contributed by atoms with Gasteiger partial charge in [-0.1, -0.05) is 49.6 Å². The molecule has 5 heteroatoms. The van der Waals surface area contributed by atoms with Gasteiger partial charge in [0, 0.05) is 24.9 Å². The monoisotopic (exact) mass is 409 g/mol. The molecular weight excluding hydrogens is 378 g/mol. The van der Waals surface area contributed by atoms with Crippen molar-refractivity contribution in [1.29, 1.82) is 0 Å². The summed E-state index contributed by atoms with van der Waals surface area (Å²) in [6.07, 6.45) is 7.26. The molecule has 0 amide bonds. The number of Topliss-reactive ketones (excluding diaryl/α,β-unsaturated/α-hetero) is 1. The molecule has 30 heavy (non-hydrogen) atoms. The van der Waals surface area contributed by atoms with Gasteiger partial charge in [-0.25, -0.2) is 0 Å². The highest BCUT2D eigenvalue weighted by Crippen LogP contribution is 2.34. The van der Waals surface area contributed by atoms with Crippen LogP contribution in [-0.2, 0) is 9.53 Å². The van der Waals surface area contributed by atoms with E-state index in [1.807, 2.05) is 30.3 Å². The van der Waals surface area contributed by atoms with Crippen molar-refractivity contribution in [3.63, 3.8) is 0 Å². The van der Waals surface area contributed by atoms with Crippen LogP contribution in [-0.4, -0.2) is 48.0 Å². The van der Waals surface area contributed by atoms with Gasteiger partial charge in [0.2, 0.25) is 0 Å². The Balaban J connectivity index is 1.46. The number of benzene rings is 2. The van der Waals surface area contributed by atoms with E-state index in [1.165, 1.54) is 39.2 Å². The van der Waals surface area contributed by atoms with Crippen LogP contribution in [0.1, 0.15) is 55.3 Å². The third kappa shape index (κ3) is 4.36. The van der Waals surface area contributed by atoms with Crippen molar-refractivity contribution in [2.75, 3.05) is 20.2 Å². The molecule has 5 nitrogen and oxygen atoms in total. The molecule has 0 aromatic heterocycles. The van der Waals surface area contributed by atoms with Crippen LogP contribution in [0.3, 0.4) is 0 Å². The Morgan fingerprint density at radius 1 is 1.07 bits per heavy atom. The predicted octanol–water partition coefficient (Wildman–Crippen LogP) is 4.56. The van der Waals surface area contributed by atoms with Gasteiger partial charge in [0.1, 0.15) is 11.8 Å². The molecule has 1 aliphatic heterocycles.